The standard InChI is InChI=1S/C19H20N/c1-19(2)16-11-7-8-12-17(16)20(3)18(19)14-13-15-9-5-4-6-10-15/h4-14H,1-3H3/q+1/b14-13+. The van der Waals surface area contributed by atoms with Crippen LogP contribution in [0, 0.1) is 0 Å². The number of benzene rings is 2. The molecule has 1 heteroatoms. The Morgan fingerprint density at radius 3 is 2.20 bits per heavy atom. The average Bonchev–Trinajstić information content (AvgIpc) is 2.66. The predicted molar refractivity (Wildman–Crippen MR) is 85.8 cm³/mol. The first kappa shape index (κ1) is 12.9. The molecule has 2 aromatic carbocycles. The van der Waals surface area contributed by atoms with Crippen LogP contribution in [0.1, 0.15) is 25.0 Å². The quantitative estimate of drug-likeness (QED) is 0.705. The fraction of sp³-hybridized carbons (Fsp3) is 0.211. The van der Waals surface area contributed by atoms with Crippen molar-refractivity contribution in [2.24, 2.45) is 0 Å². The van der Waals surface area contributed by atoms with Crippen LogP contribution in [0.15, 0.2) is 60.7 Å². The van der Waals surface area contributed by atoms with Gasteiger partial charge >= 0.3 is 0 Å². The van der Waals surface area contributed by atoms with E-state index < -0.39 is 0 Å². The second-order valence-corrected chi connectivity index (χ2v) is 5.83. The van der Waals surface area contributed by atoms with E-state index in [2.05, 4.69) is 86.2 Å². The highest BCUT2D eigenvalue weighted by atomic mass is 15.0. The van der Waals surface area contributed by atoms with E-state index in [0.717, 1.165) is 0 Å². The van der Waals surface area contributed by atoms with Gasteiger partial charge in [-0.2, -0.15) is 4.58 Å². The first-order valence-electron chi connectivity index (χ1n) is 7.04. The van der Waals surface area contributed by atoms with Gasteiger partial charge in [0.05, 0.1) is 5.41 Å². The number of fused-ring (bicyclic) bond motifs is 1. The lowest BCUT2D eigenvalue weighted by Gasteiger charge is -2.15. The molecule has 0 aliphatic carbocycles. The molecular weight excluding hydrogens is 242 g/mol. The summed E-state index contributed by atoms with van der Waals surface area (Å²) in [7, 11) is 2.15. The fourth-order valence-electron chi connectivity index (χ4n) is 3.04. The van der Waals surface area contributed by atoms with Gasteiger partial charge in [0, 0.05) is 17.7 Å². The molecule has 0 fully saturated rings. The van der Waals surface area contributed by atoms with Crippen molar-refractivity contribution in [1.82, 2.24) is 0 Å². The lowest BCUT2D eigenvalue weighted by molar-refractivity contribution is -0.401. The zero-order valence-electron chi connectivity index (χ0n) is 12.3. The Kier molecular flexibility index (Phi) is 3.06. The Balaban J connectivity index is 2.03. The summed E-state index contributed by atoms with van der Waals surface area (Å²) in [5.41, 5.74) is 5.33. The highest BCUT2D eigenvalue weighted by Gasteiger charge is 2.42. The van der Waals surface area contributed by atoms with Gasteiger partial charge < -0.3 is 0 Å². The second-order valence-electron chi connectivity index (χ2n) is 5.83. The number of nitrogens with zero attached hydrogens (tertiary/aromatic N) is 1. The lowest BCUT2D eigenvalue weighted by Crippen LogP contribution is -2.26. The van der Waals surface area contributed by atoms with Crippen LogP contribution in [0.25, 0.3) is 6.08 Å². The van der Waals surface area contributed by atoms with Crippen molar-refractivity contribution in [3.8, 4) is 0 Å². The minimum Gasteiger partial charge on any atom is -0.198 e. The van der Waals surface area contributed by atoms with Gasteiger partial charge in [0.25, 0.3) is 0 Å². The molecular formula is C19H20N+. The van der Waals surface area contributed by atoms with Crippen LogP contribution in [0.2, 0.25) is 0 Å². The van der Waals surface area contributed by atoms with Crippen molar-refractivity contribution < 1.29 is 4.58 Å². The van der Waals surface area contributed by atoms with Crippen molar-refractivity contribution in [2.75, 3.05) is 7.05 Å². The average molecular weight is 262 g/mol. The van der Waals surface area contributed by atoms with E-state index in [0.29, 0.717) is 0 Å². The summed E-state index contributed by atoms with van der Waals surface area (Å²) in [4.78, 5) is 0. The van der Waals surface area contributed by atoms with Gasteiger partial charge in [0.2, 0.25) is 5.69 Å². The maximum absolute atomic E-state index is 2.30. The Hall–Kier alpha value is -2.15. The van der Waals surface area contributed by atoms with Crippen molar-refractivity contribution in [3.05, 3.63) is 71.8 Å². The normalized spacial score (nSPS) is 16.8. The van der Waals surface area contributed by atoms with Crippen LogP contribution in [0.3, 0.4) is 0 Å². The molecule has 0 N–H and O–H groups in total. The number of allylic oxidation sites excluding steroid dienone is 1. The highest BCUT2D eigenvalue weighted by Crippen LogP contribution is 2.39. The molecule has 1 nitrogen and oxygen atoms in total. The molecule has 3 rings (SSSR count). The Morgan fingerprint density at radius 2 is 1.50 bits per heavy atom. The summed E-state index contributed by atoms with van der Waals surface area (Å²) in [6.45, 7) is 4.58. The molecule has 0 amide bonds. The van der Waals surface area contributed by atoms with Gasteiger partial charge in [-0.1, -0.05) is 48.5 Å². The topological polar surface area (TPSA) is 3.01 Å². The summed E-state index contributed by atoms with van der Waals surface area (Å²) in [5.74, 6) is 0. The summed E-state index contributed by atoms with van der Waals surface area (Å²) in [6, 6.07) is 19.1. The van der Waals surface area contributed by atoms with E-state index in [1.54, 1.807) is 0 Å². The SMILES string of the molecule is C[N+]1=C(/C=C/c2ccccc2)C(C)(C)c2ccccc21. The number of hydrogen-bond donors (Lipinski definition) is 0. The van der Waals surface area contributed by atoms with Crippen molar-refractivity contribution in [2.45, 2.75) is 19.3 Å². The molecule has 20 heavy (non-hydrogen) atoms. The van der Waals surface area contributed by atoms with E-state index in [1.165, 1.54) is 22.5 Å². The van der Waals surface area contributed by atoms with E-state index in [-0.39, 0.29) is 5.41 Å². The molecule has 0 atom stereocenters. The Morgan fingerprint density at radius 1 is 0.850 bits per heavy atom. The summed E-state index contributed by atoms with van der Waals surface area (Å²) in [5, 5.41) is 0. The first-order chi connectivity index (χ1) is 9.60. The lowest BCUT2D eigenvalue weighted by atomic mass is 9.81. The van der Waals surface area contributed by atoms with E-state index in [9.17, 15) is 0 Å². The van der Waals surface area contributed by atoms with Gasteiger partial charge in [0.15, 0.2) is 5.71 Å². The van der Waals surface area contributed by atoms with Gasteiger partial charge in [-0.3, -0.25) is 0 Å². The molecule has 0 spiro atoms. The number of para-hydroxylation sites is 1. The molecule has 1 heterocycles. The second kappa shape index (κ2) is 4.75. The zero-order chi connectivity index (χ0) is 14.2. The molecule has 1 aliphatic heterocycles. The number of hydrogen-bond acceptors (Lipinski definition) is 0. The minimum atomic E-state index is 0.0522. The molecule has 0 aromatic heterocycles. The largest absolute Gasteiger partial charge is 0.209 e. The van der Waals surface area contributed by atoms with Crippen molar-refractivity contribution in [3.63, 3.8) is 0 Å². The molecule has 0 unspecified atom stereocenters. The fourth-order valence-corrected chi connectivity index (χ4v) is 3.04. The molecule has 100 valence electrons. The summed E-state index contributed by atoms with van der Waals surface area (Å²) in [6.07, 6.45) is 4.44. The third-order valence-electron chi connectivity index (χ3n) is 4.17. The van der Waals surface area contributed by atoms with E-state index in [4.69, 9.17) is 0 Å². The number of rotatable bonds is 2. The third kappa shape index (κ3) is 2.00. The van der Waals surface area contributed by atoms with Gasteiger partial charge in [-0.15, -0.1) is 0 Å². The Labute approximate surface area is 120 Å². The van der Waals surface area contributed by atoms with Gasteiger partial charge in [-0.05, 0) is 25.5 Å². The Bertz CT molecular complexity index is 691. The molecule has 1 aliphatic rings. The van der Waals surface area contributed by atoms with Crippen LogP contribution >= 0.6 is 0 Å². The van der Waals surface area contributed by atoms with Crippen LogP contribution in [-0.2, 0) is 5.41 Å². The summed E-state index contributed by atoms with van der Waals surface area (Å²) < 4.78 is 2.30. The monoisotopic (exact) mass is 262 g/mol. The zero-order valence-corrected chi connectivity index (χ0v) is 12.3. The van der Waals surface area contributed by atoms with Gasteiger partial charge in [0.1, 0.15) is 7.05 Å². The molecule has 0 saturated heterocycles. The van der Waals surface area contributed by atoms with Crippen LogP contribution < -0.4 is 0 Å². The van der Waals surface area contributed by atoms with Crippen molar-refractivity contribution in [1.29, 1.82) is 0 Å². The van der Waals surface area contributed by atoms with Crippen LogP contribution in [-0.4, -0.2) is 17.3 Å². The minimum absolute atomic E-state index is 0.0522. The van der Waals surface area contributed by atoms with Crippen molar-refractivity contribution >= 4 is 17.5 Å². The highest BCUT2D eigenvalue weighted by molar-refractivity contribution is 6.05. The molecule has 0 bridgehead atoms. The maximum atomic E-state index is 2.30. The third-order valence-corrected chi connectivity index (χ3v) is 4.17. The molecule has 0 radical (unpaired) electrons. The van der Waals surface area contributed by atoms with E-state index >= 15 is 0 Å². The van der Waals surface area contributed by atoms with Crippen LogP contribution in [0.4, 0.5) is 5.69 Å². The predicted octanol–water partition coefficient (Wildman–Crippen LogP) is 4.41. The van der Waals surface area contributed by atoms with E-state index in [1.807, 2.05) is 6.07 Å². The maximum Gasteiger partial charge on any atom is 0.209 e. The molecule has 2 aromatic rings. The van der Waals surface area contributed by atoms with Gasteiger partial charge in [-0.25, -0.2) is 0 Å². The first-order valence-corrected chi connectivity index (χ1v) is 7.04. The molecule has 0 saturated carbocycles. The van der Waals surface area contributed by atoms with Crippen LogP contribution in [0.5, 0.6) is 0 Å². The smallest absolute Gasteiger partial charge is 0.198 e. The summed E-state index contributed by atoms with van der Waals surface area (Å²) >= 11 is 0.